The Kier molecular flexibility index (Phi) is 1.46. The molecule has 1 aliphatic heterocycles. The molecule has 2 fully saturated rings. The second kappa shape index (κ2) is 2.21. The summed E-state index contributed by atoms with van der Waals surface area (Å²) in [6.07, 6.45) is 4.31. The summed E-state index contributed by atoms with van der Waals surface area (Å²) < 4.78 is 5.17. The summed E-state index contributed by atoms with van der Waals surface area (Å²) in [7, 11) is 0. The summed E-state index contributed by atoms with van der Waals surface area (Å²) in [4.78, 5) is 0. The molecular weight excluding hydrogens is 128 g/mol. The van der Waals surface area contributed by atoms with Crippen LogP contribution in [0.4, 0.5) is 0 Å². The summed E-state index contributed by atoms with van der Waals surface area (Å²) in [5.41, 5.74) is 0.499. The molecule has 0 aromatic carbocycles. The minimum atomic E-state index is -0.0220. The van der Waals surface area contributed by atoms with Crippen LogP contribution < -0.4 is 0 Å². The van der Waals surface area contributed by atoms with Crippen molar-refractivity contribution in [2.75, 3.05) is 13.2 Å². The molecule has 2 heteroatoms. The Morgan fingerprint density at radius 3 is 2.20 bits per heavy atom. The van der Waals surface area contributed by atoms with Gasteiger partial charge < -0.3 is 9.84 Å². The predicted molar refractivity (Wildman–Crippen MR) is 37.7 cm³/mol. The lowest BCUT2D eigenvalue weighted by Gasteiger charge is -2.45. The minimum Gasteiger partial charge on any atom is -0.393 e. The largest absolute Gasteiger partial charge is 0.393 e. The minimum absolute atomic E-state index is 0.0220. The molecule has 1 saturated heterocycles. The van der Waals surface area contributed by atoms with Gasteiger partial charge in [0.25, 0.3) is 0 Å². The molecule has 0 aromatic heterocycles. The molecule has 0 unspecified atom stereocenters. The van der Waals surface area contributed by atoms with Crippen LogP contribution in [0.15, 0.2) is 0 Å². The molecule has 0 aromatic rings. The summed E-state index contributed by atoms with van der Waals surface area (Å²) in [5.74, 6) is 0. The van der Waals surface area contributed by atoms with Gasteiger partial charge in [0, 0.05) is 5.41 Å². The van der Waals surface area contributed by atoms with Gasteiger partial charge in [0.1, 0.15) is 0 Å². The first-order valence-electron chi connectivity index (χ1n) is 4.07. The molecule has 58 valence electrons. The Balaban J connectivity index is 1.90. The van der Waals surface area contributed by atoms with Gasteiger partial charge in [0.2, 0.25) is 0 Å². The van der Waals surface area contributed by atoms with Crippen LogP contribution in [0.2, 0.25) is 0 Å². The van der Waals surface area contributed by atoms with Crippen LogP contribution in [0.25, 0.3) is 0 Å². The molecule has 0 bridgehead atoms. The van der Waals surface area contributed by atoms with Gasteiger partial charge in [-0.25, -0.2) is 0 Å². The van der Waals surface area contributed by atoms with Crippen LogP contribution >= 0.6 is 0 Å². The van der Waals surface area contributed by atoms with Crippen molar-refractivity contribution in [1.29, 1.82) is 0 Å². The third-order valence-corrected chi connectivity index (χ3v) is 2.83. The zero-order valence-electron chi connectivity index (χ0n) is 6.18. The van der Waals surface area contributed by atoms with E-state index in [1.54, 1.807) is 0 Å². The summed E-state index contributed by atoms with van der Waals surface area (Å²) in [6, 6.07) is 0. The number of ether oxygens (including phenoxy) is 1. The molecule has 0 radical (unpaired) electrons. The summed E-state index contributed by atoms with van der Waals surface area (Å²) in [6.45, 7) is 1.89. The fourth-order valence-electron chi connectivity index (χ4n) is 1.89. The summed E-state index contributed by atoms with van der Waals surface area (Å²) in [5, 5.41) is 9.22. The van der Waals surface area contributed by atoms with Crippen molar-refractivity contribution in [2.24, 2.45) is 5.41 Å². The summed E-state index contributed by atoms with van der Waals surface area (Å²) >= 11 is 0. The molecule has 1 heterocycles. The van der Waals surface area contributed by atoms with E-state index in [2.05, 4.69) is 0 Å². The van der Waals surface area contributed by atoms with E-state index >= 15 is 0 Å². The normalized spacial score (nSPS) is 32.1. The van der Waals surface area contributed by atoms with E-state index < -0.39 is 0 Å². The van der Waals surface area contributed by atoms with Crippen molar-refractivity contribution in [1.82, 2.24) is 0 Å². The Labute approximate surface area is 61.2 Å². The number of rotatable bonds is 0. The third-order valence-electron chi connectivity index (χ3n) is 2.83. The van der Waals surface area contributed by atoms with Crippen molar-refractivity contribution in [2.45, 2.75) is 31.8 Å². The van der Waals surface area contributed by atoms with Crippen LogP contribution in [-0.4, -0.2) is 24.4 Å². The first kappa shape index (κ1) is 6.62. The SMILES string of the molecule is OC1CCC2(CC1)COC2. The Morgan fingerprint density at radius 2 is 1.80 bits per heavy atom. The lowest BCUT2D eigenvalue weighted by molar-refractivity contribution is -0.142. The molecule has 0 amide bonds. The van der Waals surface area contributed by atoms with Gasteiger partial charge in [-0.2, -0.15) is 0 Å². The van der Waals surface area contributed by atoms with Gasteiger partial charge in [-0.05, 0) is 25.7 Å². The Morgan fingerprint density at radius 1 is 1.20 bits per heavy atom. The third kappa shape index (κ3) is 0.956. The number of hydrogen-bond acceptors (Lipinski definition) is 2. The molecule has 1 spiro atoms. The van der Waals surface area contributed by atoms with Gasteiger partial charge in [0.05, 0.1) is 19.3 Å². The van der Waals surface area contributed by atoms with Crippen LogP contribution in [0.1, 0.15) is 25.7 Å². The zero-order chi connectivity index (χ0) is 7.03. The fourth-order valence-corrected chi connectivity index (χ4v) is 1.89. The quantitative estimate of drug-likeness (QED) is 0.545. The van der Waals surface area contributed by atoms with Crippen molar-refractivity contribution in [3.63, 3.8) is 0 Å². The van der Waals surface area contributed by atoms with Crippen LogP contribution in [-0.2, 0) is 4.74 Å². The molecule has 2 nitrogen and oxygen atoms in total. The maximum atomic E-state index is 9.22. The average Bonchev–Trinajstić information content (AvgIpc) is 1.86. The van der Waals surface area contributed by atoms with Crippen LogP contribution in [0.5, 0.6) is 0 Å². The molecular formula is C8H14O2. The van der Waals surface area contributed by atoms with Crippen LogP contribution in [0, 0.1) is 5.41 Å². The highest BCUT2D eigenvalue weighted by Gasteiger charge is 2.40. The van der Waals surface area contributed by atoms with E-state index in [1.165, 1.54) is 12.8 Å². The van der Waals surface area contributed by atoms with E-state index in [1.807, 2.05) is 0 Å². The van der Waals surface area contributed by atoms with Crippen molar-refractivity contribution >= 4 is 0 Å². The van der Waals surface area contributed by atoms with E-state index in [0.29, 0.717) is 5.41 Å². The highest BCUT2D eigenvalue weighted by atomic mass is 16.5. The van der Waals surface area contributed by atoms with Crippen molar-refractivity contribution < 1.29 is 9.84 Å². The van der Waals surface area contributed by atoms with Gasteiger partial charge in [-0.1, -0.05) is 0 Å². The maximum absolute atomic E-state index is 9.22. The first-order chi connectivity index (χ1) is 4.81. The topological polar surface area (TPSA) is 29.5 Å². The predicted octanol–water partition coefficient (Wildman–Crippen LogP) is 0.938. The van der Waals surface area contributed by atoms with E-state index in [9.17, 15) is 5.11 Å². The van der Waals surface area contributed by atoms with E-state index in [4.69, 9.17) is 4.74 Å². The Bertz CT molecular complexity index is 119. The molecule has 1 aliphatic carbocycles. The zero-order valence-corrected chi connectivity index (χ0v) is 6.18. The van der Waals surface area contributed by atoms with Gasteiger partial charge in [-0.15, -0.1) is 0 Å². The van der Waals surface area contributed by atoms with Gasteiger partial charge in [-0.3, -0.25) is 0 Å². The van der Waals surface area contributed by atoms with Gasteiger partial charge in [0.15, 0.2) is 0 Å². The Hall–Kier alpha value is -0.0800. The molecule has 1 saturated carbocycles. The highest BCUT2D eigenvalue weighted by molar-refractivity contribution is 4.90. The second-order valence-corrected chi connectivity index (χ2v) is 3.72. The average molecular weight is 142 g/mol. The number of hydrogen-bond donors (Lipinski definition) is 1. The lowest BCUT2D eigenvalue weighted by atomic mass is 9.72. The fraction of sp³-hybridized carbons (Fsp3) is 1.00. The number of aliphatic hydroxyl groups is 1. The first-order valence-corrected chi connectivity index (χ1v) is 4.07. The highest BCUT2D eigenvalue weighted by Crippen LogP contribution is 2.41. The van der Waals surface area contributed by atoms with Crippen LogP contribution in [0.3, 0.4) is 0 Å². The maximum Gasteiger partial charge on any atom is 0.0544 e. The van der Waals surface area contributed by atoms with E-state index in [0.717, 1.165) is 26.1 Å². The second-order valence-electron chi connectivity index (χ2n) is 3.72. The molecule has 10 heavy (non-hydrogen) atoms. The monoisotopic (exact) mass is 142 g/mol. The number of aliphatic hydroxyl groups excluding tert-OH is 1. The van der Waals surface area contributed by atoms with Gasteiger partial charge >= 0.3 is 0 Å². The standard InChI is InChI=1S/C8H14O2/c9-7-1-3-8(4-2-7)5-10-6-8/h7,9H,1-6H2. The van der Waals surface area contributed by atoms with E-state index in [-0.39, 0.29) is 6.10 Å². The van der Waals surface area contributed by atoms with Crippen molar-refractivity contribution in [3.8, 4) is 0 Å². The lowest BCUT2D eigenvalue weighted by Crippen LogP contribution is -2.45. The molecule has 2 rings (SSSR count). The van der Waals surface area contributed by atoms with Crippen molar-refractivity contribution in [3.05, 3.63) is 0 Å². The molecule has 0 atom stereocenters. The molecule has 1 N–H and O–H groups in total. The smallest absolute Gasteiger partial charge is 0.0544 e. The molecule has 2 aliphatic rings.